The standard InChI is InChI=1S/C3H6O3.CH2O2/c1-5-3(4)6-2;2-1-3/h1-2H3;1H,(H,2,3). The van der Waals surface area contributed by atoms with Crippen LogP contribution in [0, 0.1) is 0 Å². The summed E-state index contributed by atoms with van der Waals surface area (Å²) in [5.41, 5.74) is 0. The molecule has 0 bridgehead atoms. The van der Waals surface area contributed by atoms with Gasteiger partial charge in [0.2, 0.25) is 0 Å². The first-order valence-electron chi connectivity index (χ1n) is 1.92. The summed E-state index contributed by atoms with van der Waals surface area (Å²) in [5, 5.41) is 6.89. The third-order valence-corrected chi connectivity index (χ3v) is 0.333. The second-order valence-corrected chi connectivity index (χ2v) is 0.764. The van der Waals surface area contributed by atoms with E-state index in [0.717, 1.165) is 0 Å². The fraction of sp³-hybridized carbons (Fsp3) is 0.500. The molecule has 0 saturated heterocycles. The summed E-state index contributed by atoms with van der Waals surface area (Å²) >= 11 is 0. The van der Waals surface area contributed by atoms with E-state index in [9.17, 15) is 4.79 Å². The zero-order valence-corrected chi connectivity index (χ0v) is 5.16. The van der Waals surface area contributed by atoms with Gasteiger partial charge in [0, 0.05) is 0 Å². The second-order valence-electron chi connectivity index (χ2n) is 0.764. The van der Waals surface area contributed by atoms with Crippen molar-refractivity contribution in [3.63, 3.8) is 0 Å². The Labute approximate surface area is 52.2 Å². The van der Waals surface area contributed by atoms with Gasteiger partial charge in [-0.2, -0.15) is 0 Å². The molecule has 0 rings (SSSR count). The van der Waals surface area contributed by atoms with Gasteiger partial charge in [-0.3, -0.25) is 4.79 Å². The molecule has 0 amide bonds. The molecular formula is C4H8O5. The highest BCUT2D eigenvalue weighted by Gasteiger charge is 1.88. The van der Waals surface area contributed by atoms with Crippen molar-refractivity contribution in [3.8, 4) is 0 Å². The Morgan fingerprint density at radius 3 is 1.67 bits per heavy atom. The largest absolute Gasteiger partial charge is 0.507 e. The van der Waals surface area contributed by atoms with E-state index < -0.39 is 6.16 Å². The molecule has 54 valence electrons. The Morgan fingerprint density at radius 1 is 1.44 bits per heavy atom. The van der Waals surface area contributed by atoms with Gasteiger partial charge in [-0.25, -0.2) is 4.79 Å². The molecule has 5 heteroatoms. The molecule has 0 atom stereocenters. The van der Waals surface area contributed by atoms with Crippen molar-refractivity contribution < 1.29 is 24.2 Å². The van der Waals surface area contributed by atoms with E-state index >= 15 is 0 Å². The average Bonchev–Trinajstić information content (AvgIpc) is 1.88. The predicted octanol–water partition coefficient (Wildman–Crippen LogP) is 0.1000. The van der Waals surface area contributed by atoms with E-state index in [1.807, 2.05) is 0 Å². The van der Waals surface area contributed by atoms with Gasteiger partial charge in [0.15, 0.2) is 0 Å². The van der Waals surface area contributed by atoms with Gasteiger partial charge in [-0.1, -0.05) is 0 Å². The molecule has 0 heterocycles. The summed E-state index contributed by atoms with van der Waals surface area (Å²) in [4.78, 5) is 18.1. The van der Waals surface area contributed by atoms with Crippen molar-refractivity contribution in [2.45, 2.75) is 0 Å². The zero-order chi connectivity index (χ0) is 7.70. The predicted molar refractivity (Wildman–Crippen MR) is 28.1 cm³/mol. The van der Waals surface area contributed by atoms with Crippen LogP contribution in [0.5, 0.6) is 0 Å². The van der Waals surface area contributed by atoms with Crippen LogP contribution in [0.2, 0.25) is 0 Å². The molecule has 0 aromatic heterocycles. The Balaban J connectivity index is 0. The van der Waals surface area contributed by atoms with Gasteiger partial charge < -0.3 is 14.6 Å². The first-order valence-corrected chi connectivity index (χ1v) is 1.92. The molecule has 1 N–H and O–H groups in total. The number of rotatable bonds is 0. The van der Waals surface area contributed by atoms with Crippen LogP contribution in [-0.4, -0.2) is 32.0 Å². The Morgan fingerprint density at radius 2 is 1.67 bits per heavy atom. The van der Waals surface area contributed by atoms with Crippen LogP contribution < -0.4 is 0 Å². The van der Waals surface area contributed by atoms with Gasteiger partial charge in [0.1, 0.15) is 0 Å². The molecule has 0 aromatic rings. The van der Waals surface area contributed by atoms with Crippen molar-refractivity contribution in [1.82, 2.24) is 0 Å². The van der Waals surface area contributed by atoms with E-state index in [2.05, 4.69) is 9.47 Å². The number of carbonyl (C=O) groups excluding carboxylic acids is 1. The summed E-state index contributed by atoms with van der Waals surface area (Å²) in [6.07, 6.45) is -0.657. The molecule has 0 radical (unpaired) electrons. The fourth-order valence-electron chi connectivity index (χ4n) is 0.0833. The molecule has 0 aromatic carbocycles. The van der Waals surface area contributed by atoms with E-state index in [4.69, 9.17) is 9.90 Å². The van der Waals surface area contributed by atoms with Crippen LogP contribution in [0.3, 0.4) is 0 Å². The number of methoxy groups -OCH3 is 2. The smallest absolute Gasteiger partial charge is 0.483 e. The molecule has 0 aliphatic rings. The number of hydrogen-bond donors (Lipinski definition) is 1. The number of ether oxygens (including phenoxy) is 2. The van der Waals surface area contributed by atoms with Gasteiger partial charge >= 0.3 is 6.16 Å². The van der Waals surface area contributed by atoms with Crippen LogP contribution in [0.25, 0.3) is 0 Å². The maximum Gasteiger partial charge on any atom is 0.507 e. The lowest BCUT2D eigenvalue weighted by Gasteiger charge is -1.89. The van der Waals surface area contributed by atoms with Gasteiger partial charge in [0.25, 0.3) is 6.47 Å². The van der Waals surface area contributed by atoms with E-state index in [1.165, 1.54) is 14.2 Å². The first kappa shape index (κ1) is 10.7. The third kappa shape index (κ3) is 20.2. The third-order valence-electron chi connectivity index (χ3n) is 0.333. The number of hydrogen-bond acceptors (Lipinski definition) is 4. The Kier molecular flexibility index (Phi) is 11.7. The summed E-state index contributed by atoms with van der Waals surface area (Å²) in [6.45, 7) is -0.250. The van der Waals surface area contributed by atoms with Crippen LogP contribution in [0.1, 0.15) is 0 Å². The molecule has 0 saturated carbocycles. The van der Waals surface area contributed by atoms with Crippen LogP contribution in [-0.2, 0) is 14.3 Å². The van der Waals surface area contributed by atoms with Crippen LogP contribution >= 0.6 is 0 Å². The zero-order valence-electron chi connectivity index (χ0n) is 5.16. The van der Waals surface area contributed by atoms with E-state index in [-0.39, 0.29) is 6.47 Å². The minimum atomic E-state index is -0.657. The fourth-order valence-corrected chi connectivity index (χ4v) is 0.0833. The minimum absolute atomic E-state index is 0.250. The van der Waals surface area contributed by atoms with Crippen molar-refractivity contribution in [2.24, 2.45) is 0 Å². The van der Waals surface area contributed by atoms with E-state index in [0.29, 0.717) is 0 Å². The lowest BCUT2D eigenvalue weighted by atomic mass is 11.3. The van der Waals surface area contributed by atoms with Gasteiger partial charge in [0.05, 0.1) is 14.2 Å². The minimum Gasteiger partial charge on any atom is -0.483 e. The molecule has 9 heavy (non-hydrogen) atoms. The summed E-state index contributed by atoms with van der Waals surface area (Å²) in [6, 6.07) is 0. The molecule has 0 fully saturated rings. The monoisotopic (exact) mass is 136 g/mol. The van der Waals surface area contributed by atoms with Crippen molar-refractivity contribution in [2.75, 3.05) is 14.2 Å². The SMILES string of the molecule is COC(=O)OC.O=CO. The highest BCUT2D eigenvalue weighted by molar-refractivity contribution is 5.59. The number of carboxylic acid groups (broad SMARTS) is 1. The highest BCUT2D eigenvalue weighted by atomic mass is 16.7. The first-order chi connectivity index (χ1) is 4.22. The lowest BCUT2D eigenvalue weighted by molar-refractivity contribution is -0.122. The maximum absolute atomic E-state index is 9.74. The highest BCUT2D eigenvalue weighted by Crippen LogP contribution is 1.72. The Hall–Kier alpha value is -1.26. The average molecular weight is 136 g/mol. The molecule has 0 aliphatic heterocycles. The molecule has 0 unspecified atom stereocenters. The van der Waals surface area contributed by atoms with Crippen molar-refractivity contribution in [1.29, 1.82) is 0 Å². The van der Waals surface area contributed by atoms with Crippen LogP contribution in [0.15, 0.2) is 0 Å². The van der Waals surface area contributed by atoms with E-state index in [1.54, 1.807) is 0 Å². The molecule has 5 nitrogen and oxygen atoms in total. The van der Waals surface area contributed by atoms with Crippen molar-refractivity contribution >= 4 is 12.6 Å². The normalized spacial score (nSPS) is 6.00. The van der Waals surface area contributed by atoms with Crippen LogP contribution in [0.4, 0.5) is 4.79 Å². The Bertz CT molecular complexity index is 73.0. The summed E-state index contributed by atoms with van der Waals surface area (Å²) in [7, 11) is 2.51. The molecular weight excluding hydrogens is 128 g/mol. The molecule has 0 spiro atoms. The number of carbonyl (C=O) groups is 2. The summed E-state index contributed by atoms with van der Waals surface area (Å²) < 4.78 is 8.08. The van der Waals surface area contributed by atoms with Gasteiger partial charge in [-0.15, -0.1) is 0 Å². The van der Waals surface area contributed by atoms with Crippen molar-refractivity contribution in [3.05, 3.63) is 0 Å². The quantitative estimate of drug-likeness (QED) is 0.377. The lowest BCUT2D eigenvalue weighted by Crippen LogP contribution is -1.97. The summed E-state index contributed by atoms with van der Waals surface area (Å²) in [5.74, 6) is 0. The second kappa shape index (κ2) is 9.88. The topological polar surface area (TPSA) is 72.8 Å². The van der Waals surface area contributed by atoms with Gasteiger partial charge in [-0.05, 0) is 0 Å². The molecule has 0 aliphatic carbocycles. The maximum atomic E-state index is 9.74.